The Labute approximate surface area is 108 Å². The summed E-state index contributed by atoms with van der Waals surface area (Å²) >= 11 is 0. The van der Waals surface area contributed by atoms with Crippen LogP contribution in [0.5, 0.6) is 0 Å². The van der Waals surface area contributed by atoms with Crippen LogP contribution in [0.2, 0.25) is 0 Å². The molecule has 1 fully saturated rings. The monoisotopic (exact) mass is 255 g/mol. The van der Waals surface area contributed by atoms with Crippen molar-refractivity contribution in [1.82, 2.24) is 5.32 Å². The van der Waals surface area contributed by atoms with E-state index in [1.807, 2.05) is 6.92 Å². The van der Waals surface area contributed by atoms with Crippen molar-refractivity contribution in [2.24, 2.45) is 5.92 Å². The molecule has 3 atom stereocenters. The summed E-state index contributed by atoms with van der Waals surface area (Å²) in [6, 6.07) is -0.191. The van der Waals surface area contributed by atoms with E-state index in [9.17, 15) is 9.59 Å². The Morgan fingerprint density at radius 2 is 2.00 bits per heavy atom. The molecule has 0 spiro atoms. The topological polar surface area (TPSA) is 64.6 Å². The van der Waals surface area contributed by atoms with Crippen LogP contribution in [0.4, 0.5) is 4.79 Å². The maximum atomic E-state index is 11.6. The molecule has 0 aromatic carbocycles. The number of carbonyl (C=O) groups excluding carboxylic acids is 2. The molecule has 0 aromatic rings. The minimum atomic E-state index is -0.537. The minimum Gasteiger partial charge on any atom is -0.457 e. The van der Waals surface area contributed by atoms with Crippen molar-refractivity contribution in [3.05, 3.63) is 12.7 Å². The van der Waals surface area contributed by atoms with E-state index >= 15 is 0 Å². The van der Waals surface area contributed by atoms with Crippen LogP contribution in [0.25, 0.3) is 0 Å². The summed E-state index contributed by atoms with van der Waals surface area (Å²) in [5.74, 6) is -0.206. The van der Waals surface area contributed by atoms with E-state index < -0.39 is 17.7 Å². The van der Waals surface area contributed by atoms with Crippen LogP contribution < -0.4 is 5.32 Å². The lowest BCUT2D eigenvalue weighted by Crippen LogP contribution is -2.58. The van der Waals surface area contributed by atoms with Gasteiger partial charge in [-0.2, -0.15) is 0 Å². The molecule has 0 aliphatic heterocycles. The Hall–Kier alpha value is -1.52. The highest BCUT2D eigenvalue weighted by Crippen LogP contribution is 2.30. The maximum absolute atomic E-state index is 11.6. The summed E-state index contributed by atoms with van der Waals surface area (Å²) in [7, 11) is 0. The Morgan fingerprint density at radius 1 is 1.39 bits per heavy atom. The van der Waals surface area contributed by atoms with Crippen LogP contribution >= 0.6 is 0 Å². The normalized spacial score (nSPS) is 26.8. The zero-order chi connectivity index (χ0) is 13.9. The van der Waals surface area contributed by atoms with E-state index in [0.29, 0.717) is 0 Å². The minimum absolute atomic E-state index is 0.191. The van der Waals surface area contributed by atoms with E-state index in [1.54, 1.807) is 20.8 Å². The summed E-state index contributed by atoms with van der Waals surface area (Å²) in [4.78, 5) is 22.7. The number of nitrogens with one attached hydrogen (secondary N) is 1. The number of ether oxygens (including phenoxy) is 2. The molecule has 1 rings (SSSR count). The first-order valence-electron chi connectivity index (χ1n) is 6.05. The molecule has 1 aliphatic rings. The summed E-state index contributed by atoms with van der Waals surface area (Å²) in [6.07, 6.45) is 1.07. The van der Waals surface area contributed by atoms with E-state index in [-0.39, 0.29) is 18.1 Å². The second-order valence-electron chi connectivity index (χ2n) is 5.56. The number of hydrogen-bond acceptors (Lipinski definition) is 4. The number of amides is 1. The van der Waals surface area contributed by atoms with Gasteiger partial charge in [-0.1, -0.05) is 13.5 Å². The largest absolute Gasteiger partial charge is 0.457 e. The van der Waals surface area contributed by atoms with Crippen molar-refractivity contribution in [2.45, 2.75) is 51.9 Å². The third kappa shape index (κ3) is 4.05. The molecular formula is C13H21NO4. The van der Waals surface area contributed by atoms with Gasteiger partial charge in [0.2, 0.25) is 0 Å². The third-order valence-corrected chi connectivity index (χ3v) is 2.74. The highest BCUT2D eigenvalue weighted by atomic mass is 16.6. The molecule has 102 valence electrons. The van der Waals surface area contributed by atoms with Gasteiger partial charge in [-0.25, -0.2) is 9.59 Å². The van der Waals surface area contributed by atoms with Gasteiger partial charge in [-0.3, -0.25) is 0 Å². The van der Waals surface area contributed by atoms with Crippen LogP contribution in [0.1, 0.15) is 34.1 Å². The summed E-state index contributed by atoms with van der Waals surface area (Å²) in [5.41, 5.74) is -0.537. The van der Waals surface area contributed by atoms with Crippen LogP contribution in [-0.2, 0) is 14.3 Å². The van der Waals surface area contributed by atoms with Gasteiger partial charge in [0.15, 0.2) is 0 Å². The molecule has 18 heavy (non-hydrogen) atoms. The Kier molecular flexibility index (Phi) is 4.38. The molecule has 0 heterocycles. The molecule has 0 aromatic heterocycles. The van der Waals surface area contributed by atoms with Crippen LogP contribution in [0.15, 0.2) is 12.7 Å². The maximum Gasteiger partial charge on any atom is 0.408 e. The second kappa shape index (κ2) is 5.42. The number of rotatable bonds is 3. The average molecular weight is 255 g/mol. The predicted octanol–water partition coefficient (Wildman–Crippen LogP) is 2.02. The van der Waals surface area contributed by atoms with E-state index in [2.05, 4.69) is 11.9 Å². The molecule has 5 heteroatoms. The fourth-order valence-electron chi connectivity index (χ4n) is 1.83. The lowest BCUT2D eigenvalue weighted by atomic mass is 9.78. The quantitative estimate of drug-likeness (QED) is 0.619. The summed E-state index contributed by atoms with van der Waals surface area (Å²) in [6.45, 7) is 10.7. The van der Waals surface area contributed by atoms with E-state index in [4.69, 9.17) is 9.47 Å². The second-order valence-corrected chi connectivity index (χ2v) is 5.56. The van der Waals surface area contributed by atoms with Gasteiger partial charge in [0.05, 0.1) is 6.04 Å². The Balaban J connectivity index is 2.47. The molecule has 3 unspecified atom stereocenters. The fraction of sp³-hybridized carbons (Fsp3) is 0.692. The number of alkyl carbamates (subject to hydrolysis) is 1. The van der Waals surface area contributed by atoms with Gasteiger partial charge in [0, 0.05) is 6.08 Å². The predicted molar refractivity (Wildman–Crippen MR) is 67.0 cm³/mol. The van der Waals surface area contributed by atoms with Gasteiger partial charge in [0.1, 0.15) is 11.7 Å². The zero-order valence-corrected chi connectivity index (χ0v) is 11.4. The fourth-order valence-corrected chi connectivity index (χ4v) is 1.83. The van der Waals surface area contributed by atoms with Gasteiger partial charge in [-0.15, -0.1) is 0 Å². The molecule has 1 amide bonds. The Morgan fingerprint density at radius 3 is 2.44 bits per heavy atom. The first-order chi connectivity index (χ1) is 8.23. The van der Waals surface area contributed by atoms with Gasteiger partial charge in [0.25, 0.3) is 0 Å². The number of hydrogen-bond donors (Lipinski definition) is 1. The first kappa shape index (κ1) is 14.5. The lowest BCUT2D eigenvalue weighted by Gasteiger charge is -2.42. The standard InChI is InChI=1S/C13H21NO4/c1-6-10(15)17-9-7-8(2)11(9)14-12(16)18-13(3,4)5/h6,8-9,11H,1,7H2,2-5H3,(H,14,16). The van der Waals surface area contributed by atoms with E-state index in [0.717, 1.165) is 12.5 Å². The smallest absolute Gasteiger partial charge is 0.408 e. The molecule has 1 aliphatic carbocycles. The SMILES string of the molecule is C=CC(=O)OC1CC(C)C1NC(=O)OC(C)(C)C. The molecule has 0 bridgehead atoms. The van der Waals surface area contributed by atoms with Gasteiger partial charge < -0.3 is 14.8 Å². The van der Waals surface area contributed by atoms with Crippen molar-refractivity contribution in [3.63, 3.8) is 0 Å². The lowest BCUT2D eigenvalue weighted by molar-refractivity contribution is -0.152. The number of esters is 1. The molecular weight excluding hydrogens is 234 g/mol. The summed E-state index contributed by atoms with van der Waals surface area (Å²) in [5, 5.41) is 2.73. The van der Waals surface area contributed by atoms with Crippen molar-refractivity contribution in [3.8, 4) is 0 Å². The Bertz CT molecular complexity index is 345. The molecule has 0 saturated heterocycles. The third-order valence-electron chi connectivity index (χ3n) is 2.74. The number of carbonyl (C=O) groups is 2. The average Bonchev–Trinajstić information content (AvgIpc) is 2.23. The van der Waals surface area contributed by atoms with Crippen LogP contribution in [0, 0.1) is 5.92 Å². The van der Waals surface area contributed by atoms with Crippen molar-refractivity contribution in [2.75, 3.05) is 0 Å². The van der Waals surface area contributed by atoms with Crippen molar-refractivity contribution in [1.29, 1.82) is 0 Å². The van der Waals surface area contributed by atoms with Gasteiger partial charge in [-0.05, 0) is 33.1 Å². The summed E-state index contributed by atoms with van der Waals surface area (Å²) < 4.78 is 10.3. The molecule has 0 radical (unpaired) electrons. The molecule has 1 saturated carbocycles. The van der Waals surface area contributed by atoms with Crippen molar-refractivity contribution >= 4 is 12.1 Å². The highest BCUT2D eigenvalue weighted by molar-refractivity contribution is 5.81. The van der Waals surface area contributed by atoms with Crippen LogP contribution in [0.3, 0.4) is 0 Å². The molecule has 5 nitrogen and oxygen atoms in total. The highest BCUT2D eigenvalue weighted by Gasteiger charge is 2.42. The first-order valence-corrected chi connectivity index (χ1v) is 6.05. The molecule has 1 N–H and O–H groups in total. The van der Waals surface area contributed by atoms with Crippen LogP contribution in [-0.4, -0.2) is 29.8 Å². The van der Waals surface area contributed by atoms with Gasteiger partial charge >= 0.3 is 12.1 Å². The van der Waals surface area contributed by atoms with E-state index in [1.165, 1.54) is 0 Å². The van der Waals surface area contributed by atoms with Crippen molar-refractivity contribution < 1.29 is 19.1 Å². The zero-order valence-electron chi connectivity index (χ0n) is 11.4.